The van der Waals surface area contributed by atoms with Gasteiger partial charge in [-0.3, -0.25) is 4.79 Å². The molecule has 1 heterocycles. The van der Waals surface area contributed by atoms with Crippen LogP contribution < -0.4 is 4.74 Å². The van der Waals surface area contributed by atoms with Crippen molar-refractivity contribution in [1.29, 1.82) is 0 Å². The minimum Gasteiger partial charge on any atom is -0.492 e. The number of benzene rings is 1. The maximum atomic E-state index is 11.7. The van der Waals surface area contributed by atoms with Gasteiger partial charge in [0, 0.05) is 15.8 Å². The van der Waals surface area contributed by atoms with Gasteiger partial charge < -0.3 is 4.74 Å². The van der Waals surface area contributed by atoms with Gasteiger partial charge in [-0.15, -0.1) is 11.8 Å². The van der Waals surface area contributed by atoms with E-state index in [2.05, 4.69) is 15.9 Å². The van der Waals surface area contributed by atoms with E-state index in [1.165, 1.54) is 0 Å². The molecule has 1 aliphatic heterocycles. The van der Waals surface area contributed by atoms with E-state index in [-0.39, 0.29) is 5.78 Å². The van der Waals surface area contributed by atoms with Crippen LogP contribution in [0.25, 0.3) is 0 Å². The molecule has 0 radical (unpaired) electrons. The number of halogens is 1. The molecular weight excluding hydrogens is 264 g/mol. The second-order valence-corrected chi connectivity index (χ2v) is 4.65. The molecule has 0 bridgehead atoms. The number of carbonyl (C=O) groups excluding carboxylic acids is 1. The molecule has 0 saturated carbocycles. The first kappa shape index (κ1) is 10.1. The number of hydrogen-bond donors (Lipinski definition) is 0. The van der Waals surface area contributed by atoms with Crippen LogP contribution in [0.2, 0.25) is 0 Å². The lowest BCUT2D eigenvalue weighted by Crippen LogP contribution is -2.16. The molecule has 0 atom stereocenters. The van der Waals surface area contributed by atoms with Gasteiger partial charge in [-0.1, -0.05) is 0 Å². The monoisotopic (exact) mass is 272 g/mol. The topological polar surface area (TPSA) is 26.3 Å². The van der Waals surface area contributed by atoms with Crippen LogP contribution in [-0.2, 0) is 0 Å². The van der Waals surface area contributed by atoms with Crippen molar-refractivity contribution in [2.75, 3.05) is 12.9 Å². The summed E-state index contributed by atoms with van der Waals surface area (Å²) in [5, 5.41) is 0. The van der Waals surface area contributed by atoms with Gasteiger partial charge in [0.2, 0.25) is 0 Å². The summed E-state index contributed by atoms with van der Waals surface area (Å²) in [6.07, 6.45) is 2.44. The fraction of sp³-hybridized carbons (Fsp3) is 0.300. The lowest BCUT2D eigenvalue weighted by Gasteiger charge is -2.19. The van der Waals surface area contributed by atoms with Crippen LogP contribution in [-0.4, -0.2) is 18.6 Å². The predicted octanol–water partition coefficient (Wildman–Crippen LogP) is 3.14. The maximum Gasteiger partial charge on any atom is 0.171 e. The molecule has 14 heavy (non-hydrogen) atoms. The Morgan fingerprint density at radius 2 is 2.29 bits per heavy atom. The van der Waals surface area contributed by atoms with Crippen molar-refractivity contribution in [3.63, 3.8) is 0 Å². The van der Waals surface area contributed by atoms with Gasteiger partial charge in [-0.05, 0) is 34.3 Å². The lowest BCUT2D eigenvalue weighted by molar-refractivity contribution is 0.0929. The molecule has 4 heteroatoms. The Kier molecular flexibility index (Phi) is 2.83. The summed E-state index contributed by atoms with van der Waals surface area (Å²) in [5.41, 5.74) is 0.734. The van der Waals surface area contributed by atoms with Gasteiger partial charge in [0.25, 0.3) is 0 Å². The normalized spacial score (nSPS) is 14.9. The number of hydrogen-bond acceptors (Lipinski definition) is 3. The number of ketones is 1. The summed E-state index contributed by atoms with van der Waals surface area (Å²) < 4.78 is 6.40. The first-order chi connectivity index (χ1) is 6.74. The zero-order valence-electron chi connectivity index (χ0n) is 7.67. The van der Waals surface area contributed by atoms with Crippen LogP contribution >= 0.6 is 27.7 Å². The smallest absolute Gasteiger partial charge is 0.171 e. The molecule has 1 aliphatic rings. The Bertz CT molecular complexity index is 390. The quantitative estimate of drug-likeness (QED) is 0.735. The Hall–Kier alpha value is -0.480. The van der Waals surface area contributed by atoms with Crippen molar-refractivity contribution >= 4 is 33.5 Å². The van der Waals surface area contributed by atoms with E-state index in [9.17, 15) is 4.79 Å². The van der Waals surface area contributed by atoms with Crippen LogP contribution in [0.1, 0.15) is 16.8 Å². The maximum absolute atomic E-state index is 11.7. The summed E-state index contributed by atoms with van der Waals surface area (Å²) in [4.78, 5) is 12.7. The summed E-state index contributed by atoms with van der Waals surface area (Å²) in [6.45, 7) is 0.501. The largest absolute Gasteiger partial charge is 0.492 e. The standard InChI is InChI=1S/C10H9BrO2S/c1-14-10-6(11)2-3-8-9(10)7(12)4-5-13-8/h2-3H,4-5H2,1H3. The lowest BCUT2D eigenvalue weighted by atomic mass is 10.1. The summed E-state index contributed by atoms with van der Waals surface area (Å²) >= 11 is 5.00. The van der Waals surface area contributed by atoms with E-state index < -0.39 is 0 Å². The summed E-state index contributed by atoms with van der Waals surface area (Å²) in [6, 6.07) is 3.76. The molecule has 0 unspecified atom stereocenters. The van der Waals surface area contributed by atoms with Crippen molar-refractivity contribution in [2.45, 2.75) is 11.3 Å². The SMILES string of the molecule is CSc1c(Br)ccc2c1C(=O)CCO2. The van der Waals surface area contributed by atoms with E-state index in [4.69, 9.17) is 4.74 Å². The van der Waals surface area contributed by atoms with Crippen molar-refractivity contribution in [3.8, 4) is 5.75 Å². The summed E-state index contributed by atoms with van der Waals surface area (Å²) in [5.74, 6) is 0.894. The van der Waals surface area contributed by atoms with E-state index in [1.54, 1.807) is 11.8 Å². The minimum absolute atomic E-state index is 0.178. The van der Waals surface area contributed by atoms with E-state index in [1.807, 2.05) is 18.4 Å². The predicted molar refractivity (Wildman–Crippen MR) is 60.4 cm³/mol. The Morgan fingerprint density at radius 1 is 1.50 bits per heavy atom. The summed E-state index contributed by atoms with van der Waals surface area (Å²) in [7, 11) is 0. The van der Waals surface area contributed by atoms with Crippen LogP contribution in [0, 0.1) is 0 Å². The molecule has 2 rings (SSSR count). The minimum atomic E-state index is 0.178. The number of ether oxygens (including phenoxy) is 1. The average Bonchev–Trinajstić information content (AvgIpc) is 2.19. The molecule has 0 spiro atoms. The van der Waals surface area contributed by atoms with E-state index in [0.717, 1.165) is 14.9 Å². The highest BCUT2D eigenvalue weighted by Crippen LogP contribution is 2.37. The number of carbonyl (C=O) groups is 1. The third-order valence-electron chi connectivity index (χ3n) is 2.14. The zero-order chi connectivity index (χ0) is 10.1. The molecule has 0 N–H and O–H groups in total. The van der Waals surface area contributed by atoms with Crippen molar-refractivity contribution in [2.24, 2.45) is 0 Å². The third-order valence-corrected chi connectivity index (χ3v) is 3.90. The fourth-order valence-corrected chi connectivity index (χ4v) is 3.00. The zero-order valence-corrected chi connectivity index (χ0v) is 10.1. The highest BCUT2D eigenvalue weighted by Gasteiger charge is 2.23. The average molecular weight is 273 g/mol. The molecule has 2 nitrogen and oxygen atoms in total. The molecule has 1 aromatic carbocycles. The van der Waals surface area contributed by atoms with Crippen LogP contribution in [0.15, 0.2) is 21.5 Å². The van der Waals surface area contributed by atoms with Crippen molar-refractivity contribution in [1.82, 2.24) is 0 Å². The number of Topliss-reactive ketones (excluding diaryl/α,β-unsaturated/α-hetero) is 1. The number of fused-ring (bicyclic) bond motifs is 1. The van der Waals surface area contributed by atoms with Crippen LogP contribution in [0.5, 0.6) is 5.75 Å². The first-order valence-corrected chi connectivity index (χ1v) is 6.28. The highest BCUT2D eigenvalue weighted by molar-refractivity contribution is 9.10. The third kappa shape index (κ3) is 1.57. The molecular formula is C10H9BrO2S. The van der Waals surface area contributed by atoms with Crippen molar-refractivity contribution in [3.05, 3.63) is 22.2 Å². The molecule has 1 aromatic rings. The van der Waals surface area contributed by atoms with Crippen LogP contribution in [0.4, 0.5) is 0 Å². The Morgan fingerprint density at radius 3 is 3.00 bits per heavy atom. The number of thioether (sulfide) groups is 1. The van der Waals surface area contributed by atoms with Gasteiger partial charge in [-0.2, -0.15) is 0 Å². The number of rotatable bonds is 1. The highest BCUT2D eigenvalue weighted by atomic mass is 79.9. The van der Waals surface area contributed by atoms with Gasteiger partial charge in [0.05, 0.1) is 12.2 Å². The molecule has 0 aliphatic carbocycles. The molecule has 0 aromatic heterocycles. The second-order valence-electron chi connectivity index (χ2n) is 2.98. The van der Waals surface area contributed by atoms with Gasteiger partial charge in [0.15, 0.2) is 5.78 Å². The molecule has 0 amide bonds. The first-order valence-electron chi connectivity index (χ1n) is 4.26. The molecule has 74 valence electrons. The van der Waals surface area contributed by atoms with E-state index >= 15 is 0 Å². The fourth-order valence-electron chi connectivity index (χ4n) is 1.50. The Labute approximate surface area is 95.2 Å². The van der Waals surface area contributed by atoms with Crippen molar-refractivity contribution < 1.29 is 9.53 Å². The van der Waals surface area contributed by atoms with Gasteiger partial charge >= 0.3 is 0 Å². The van der Waals surface area contributed by atoms with Gasteiger partial charge in [-0.25, -0.2) is 0 Å². The van der Waals surface area contributed by atoms with E-state index in [0.29, 0.717) is 18.8 Å². The second kappa shape index (κ2) is 3.95. The van der Waals surface area contributed by atoms with Gasteiger partial charge in [0.1, 0.15) is 5.75 Å². The molecule has 0 fully saturated rings. The Balaban J connectivity index is 2.63. The van der Waals surface area contributed by atoms with Crippen LogP contribution in [0.3, 0.4) is 0 Å². The molecule has 0 saturated heterocycles.